The van der Waals surface area contributed by atoms with Crippen molar-refractivity contribution in [3.05, 3.63) is 65.1 Å². The molecule has 8 heteroatoms. The molecule has 0 atom stereocenters. The van der Waals surface area contributed by atoms with E-state index in [1.54, 1.807) is 6.08 Å². The standard InChI is InChI=1S/C24H28N2O5S/c27-24(25-12-8-20-6-7-22-23(18-20)31-16-15-30-22)21-9-13-26(14-10-21)32(28,29)17-11-19-4-2-1-3-5-19/h1-7,11,17-18,21H,8-10,12-16H2,(H,25,27). The molecule has 0 radical (unpaired) electrons. The quantitative estimate of drug-likeness (QED) is 0.693. The van der Waals surface area contributed by atoms with Gasteiger partial charge < -0.3 is 14.8 Å². The third kappa shape index (κ3) is 5.69. The first-order valence-electron chi connectivity index (χ1n) is 10.9. The van der Waals surface area contributed by atoms with Crippen molar-refractivity contribution in [1.29, 1.82) is 0 Å². The van der Waals surface area contributed by atoms with Crippen LogP contribution in [0.2, 0.25) is 0 Å². The van der Waals surface area contributed by atoms with Crippen LogP contribution >= 0.6 is 0 Å². The van der Waals surface area contributed by atoms with E-state index in [9.17, 15) is 13.2 Å². The number of benzene rings is 2. The summed E-state index contributed by atoms with van der Waals surface area (Å²) in [5.74, 6) is 1.32. The second kappa shape index (κ2) is 10.2. The summed E-state index contributed by atoms with van der Waals surface area (Å²) in [5.41, 5.74) is 1.91. The number of nitrogens with one attached hydrogen (secondary N) is 1. The highest BCUT2D eigenvalue weighted by molar-refractivity contribution is 7.92. The highest BCUT2D eigenvalue weighted by atomic mass is 32.2. The van der Waals surface area contributed by atoms with Crippen molar-refractivity contribution in [2.45, 2.75) is 19.3 Å². The molecule has 1 N–H and O–H groups in total. The Kier molecular flexibility index (Phi) is 7.12. The fourth-order valence-corrected chi connectivity index (χ4v) is 5.13. The zero-order valence-electron chi connectivity index (χ0n) is 17.9. The van der Waals surface area contributed by atoms with Crippen LogP contribution in [0.5, 0.6) is 11.5 Å². The average molecular weight is 457 g/mol. The van der Waals surface area contributed by atoms with Crippen LogP contribution in [0.3, 0.4) is 0 Å². The first kappa shape index (κ1) is 22.4. The van der Waals surface area contributed by atoms with Crippen molar-refractivity contribution in [3.8, 4) is 11.5 Å². The summed E-state index contributed by atoms with van der Waals surface area (Å²) in [6, 6.07) is 15.2. The smallest absolute Gasteiger partial charge is 0.236 e. The van der Waals surface area contributed by atoms with Crippen molar-refractivity contribution in [2.24, 2.45) is 5.92 Å². The number of hydrogen-bond donors (Lipinski definition) is 1. The lowest BCUT2D eigenvalue weighted by molar-refractivity contribution is -0.126. The minimum atomic E-state index is -3.49. The van der Waals surface area contributed by atoms with E-state index in [2.05, 4.69) is 5.32 Å². The first-order chi connectivity index (χ1) is 15.5. The molecule has 170 valence electrons. The van der Waals surface area contributed by atoms with Gasteiger partial charge in [-0.25, -0.2) is 8.42 Å². The van der Waals surface area contributed by atoms with Crippen LogP contribution in [0.1, 0.15) is 24.0 Å². The molecule has 0 saturated carbocycles. The number of nitrogens with zero attached hydrogens (tertiary/aromatic N) is 1. The van der Waals surface area contributed by atoms with Crippen LogP contribution in [0.15, 0.2) is 53.9 Å². The number of rotatable bonds is 7. The molecule has 1 amide bonds. The van der Waals surface area contributed by atoms with Crippen LogP contribution in [0, 0.1) is 5.92 Å². The van der Waals surface area contributed by atoms with Crippen LogP contribution in [-0.4, -0.2) is 51.5 Å². The fraction of sp³-hybridized carbons (Fsp3) is 0.375. The van der Waals surface area contributed by atoms with Gasteiger partial charge in [-0.05, 0) is 48.6 Å². The van der Waals surface area contributed by atoms with Crippen LogP contribution in [0.25, 0.3) is 6.08 Å². The molecule has 0 aromatic heterocycles. The summed E-state index contributed by atoms with van der Waals surface area (Å²) in [4.78, 5) is 12.6. The van der Waals surface area contributed by atoms with Crippen LogP contribution in [-0.2, 0) is 21.2 Å². The number of carbonyl (C=O) groups excluding carboxylic acids is 1. The van der Waals surface area contributed by atoms with Crippen molar-refractivity contribution >= 4 is 22.0 Å². The van der Waals surface area contributed by atoms with E-state index in [1.165, 1.54) is 9.71 Å². The lowest BCUT2D eigenvalue weighted by Gasteiger charge is -2.29. The van der Waals surface area contributed by atoms with Crippen molar-refractivity contribution in [2.75, 3.05) is 32.8 Å². The number of sulfonamides is 1. The molecule has 0 unspecified atom stereocenters. The predicted octanol–water partition coefficient (Wildman–Crippen LogP) is 2.83. The summed E-state index contributed by atoms with van der Waals surface area (Å²) in [7, 11) is -3.49. The predicted molar refractivity (Wildman–Crippen MR) is 123 cm³/mol. The molecule has 2 heterocycles. The Hall–Kier alpha value is -2.84. The Morgan fingerprint density at radius 3 is 2.50 bits per heavy atom. The van der Waals surface area contributed by atoms with Gasteiger partial charge in [-0.1, -0.05) is 36.4 Å². The van der Waals surface area contributed by atoms with Gasteiger partial charge in [-0.15, -0.1) is 0 Å². The molecule has 0 spiro atoms. The monoisotopic (exact) mass is 456 g/mol. The molecule has 0 aliphatic carbocycles. The van der Waals surface area contributed by atoms with E-state index in [0.29, 0.717) is 52.1 Å². The molecular formula is C24H28N2O5S. The molecule has 2 aliphatic heterocycles. The van der Waals surface area contributed by atoms with Gasteiger partial charge >= 0.3 is 0 Å². The van der Waals surface area contributed by atoms with E-state index in [1.807, 2.05) is 48.5 Å². The molecule has 7 nitrogen and oxygen atoms in total. The second-order valence-corrected chi connectivity index (χ2v) is 9.77. The number of carbonyl (C=O) groups is 1. The van der Waals surface area contributed by atoms with Gasteiger partial charge in [0.25, 0.3) is 0 Å². The number of ether oxygens (including phenoxy) is 2. The molecular weight excluding hydrogens is 428 g/mol. The molecule has 2 aliphatic rings. The Morgan fingerprint density at radius 2 is 1.75 bits per heavy atom. The topological polar surface area (TPSA) is 84.9 Å². The van der Waals surface area contributed by atoms with Crippen LogP contribution < -0.4 is 14.8 Å². The van der Waals surface area contributed by atoms with Crippen LogP contribution in [0.4, 0.5) is 0 Å². The van der Waals surface area contributed by atoms with Crippen molar-refractivity contribution in [3.63, 3.8) is 0 Å². The zero-order valence-corrected chi connectivity index (χ0v) is 18.7. The largest absolute Gasteiger partial charge is 0.486 e. The first-order valence-corrected chi connectivity index (χ1v) is 12.4. The highest BCUT2D eigenvalue weighted by Gasteiger charge is 2.29. The highest BCUT2D eigenvalue weighted by Crippen LogP contribution is 2.30. The molecule has 2 aromatic carbocycles. The Labute approximate surface area is 189 Å². The fourth-order valence-electron chi connectivity index (χ4n) is 3.90. The number of hydrogen-bond acceptors (Lipinski definition) is 5. The van der Waals surface area contributed by atoms with E-state index in [0.717, 1.165) is 22.6 Å². The van der Waals surface area contributed by atoms with Crippen molar-refractivity contribution < 1.29 is 22.7 Å². The SMILES string of the molecule is O=C(NCCc1ccc2c(c1)OCCO2)C1CCN(S(=O)(=O)C=Cc2ccccc2)CC1. The molecule has 0 bridgehead atoms. The lowest BCUT2D eigenvalue weighted by Crippen LogP contribution is -2.42. The van der Waals surface area contributed by atoms with E-state index >= 15 is 0 Å². The van der Waals surface area contributed by atoms with E-state index in [4.69, 9.17) is 9.47 Å². The van der Waals surface area contributed by atoms with Gasteiger partial charge in [0, 0.05) is 31.0 Å². The minimum Gasteiger partial charge on any atom is -0.486 e. The number of piperidine rings is 1. The summed E-state index contributed by atoms with van der Waals surface area (Å²) in [5, 5.41) is 4.23. The second-order valence-electron chi connectivity index (χ2n) is 7.95. The Bertz CT molecular complexity index is 1060. The Balaban J connectivity index is 1.22. The number of amides is 1. The third-order valence-electron chi connectivity index (χ3n) is 5.74. The van der Waals surface area contributed by atoms with Crippen molar-refractivity contribution in [1.82, 2.24) is 9.62 Å². The van der Waals surface area contributed by atoms with E-state index in [-0.39, 0.29) is 11.8 Å². The normalized spacial score (nSPS) is 17.4. The maximum Gasteiger partial charge on any atom is 0.236 e. The molecule has 4 rings (SSSR count). The third-order valence-corrected chi connectivity index (χ3v) is 7.30. The van der Waals surface area contributed by atoms with Gasteiger partial charge in [-0.2, -0.15) is 4.31 Å². The maximum atomic E-state index is 12.6. The maximum absolute atomic E-state index is 12.6. The summed E-state index contributed by atoms with van der Waals surface area (Å²) >= 11 is 0. The average Bonchev–Trinajstić information content (AvgIpc) is 2.83. The summed E-state index contributed by atoms with van der Waals surface area (Å²) < 4.78 is 37.7. The Morgan fingerprint density at radius 1 is 1.03 bits per heavy atom. The zero-order chi connectivity index (χ0) is 22.4. The lowest BCUT2D eigenvalue weighted by atomic mass is 9.97. The van der Waals surface area contributed by atoms with Gasteiger partial charge in [0.05, 0.1) is 0 Å². The summed E-state index contributed by atoms with van der Waals surface area (Å²) in [6.07, 6.45) is 3.34. The molecule has 1 fully saturated rings. The molecule has 32 heavy (non-hydrogen) atoms. The molecule has 1 saturated heterocycles. The van der Waals surface area contributed by atoms with E-state index < -0.39 is 10.0 Å². The van der Waals surface area contributed by atoms with Gasteiger partial charge in [0.15, 0.2) is 11.5 Å². The van der Waals surface area contributed by atoms with Gasteiger partial charge in [0.1, 0.15) is 13.2 Å². The molecule has 2 aromatic rings. The van der Waals surface area contributed by atoms with Gasteiger partial charge in [0.2, 0.25) is 15.9 Å². The summed E-state index contributed by atoms with van der Waals surface area (Å²) in [6.45, 7) is 2.33. The van der Waals surface area contributed by atoms with Gasteiger partial charge in [-0.3, -0.25) is 4.79 Å². The number of fused-ring (bicyclic) bond motifs is 1. The minimum absolute atomic E-state index is 0.0144.